The first-order valence-corrected chi connectivity index (χ1v) is 7.24. The average molecular weight is 262 g/mol. The van der Waals surface area contributed by atoms with E-state index in [1.165, 1.54) is 16.8 Å². The Kier molecular flexibility index (Phi) is 4.48. The lowest BCUT2D eigenvalue weighted by Gasteiger charge is -2.45. The zero-order valence-electron chi connectivity index (χ0n) is 12.6. The highest BCUT2D eigenvalue weighted by molar-refractivity contribution is 5.60. The highest BCUT2D eigenvalue weighted by Gasteiger charge is 2.30. The van der Waals surface area contributed by atoms with Crippen molar-refractivity contribution in [3.8, 4) is 0 Å². The number of piperazine rings is 1. The largest absolute Gasteiger partial charge is 0.395 e. The third kappa shape index (κ3) is 2.77. The van der Waals surface area contributed by atoms with E-state index in [-0.39, 0.29) is 12.6 Å². The van der Waals surface area contributed by atoms with Gasteiger partial charge in [0.15, 0.2) is 0 Å². The summed E-state index contributed by atoms with van der Waals surface area (Å²) in [7, 11) is 2.11. The molecule has 106 valence electrons. The Hall–Kier alpha value is -1.06. The van der Waals surface area contributed by atoms with Crippen LogP contribution in [0.4, 0.5) is 5.69 Å². The standard InChI is InChI=1S/C16H26N2O/c1-5-14-8-6-7-12(2)16(14)18-9-13(3)17(4)15(10-18)11-19/h6-8,13,15,19H,5,9-11H2,1-4H3. The maximum atomic E-state index is 9.57. The fraction of sp³-hybridized carbons (Fsp3) is 0.625. The molecule has 2 unspecified atom stereocenters. The molecule has 0 aromatic heterocycles. The van der Waals surface area contributed by atoms with Crippen molar-refractivity contribution in [1.82, 2.24) is 4.90 Å². The van der Waals surface area contributed by atoms with Crippen LogP contribution in [0.2, 0.25) is 0 Å². The second kappa shape index (κ2) is 5.93. The zero-order chi connectivity index (χ0) is 14.0. The molecule has 2 atom stereocenters. The molecule has 1 aromatic carbocycles. The van der Waals surface area contributed by atoms with Crippen molar-refractivity contribution in [2.24, 2.45) is 0 Å². The van der Waals surface area contributed by atoms with Gasteiger partial charge in [0.1, 0.15) is 0 Å². The molecule has 1 saturated heterocycles. The zero-order valence-corrected chi connectivity index (χ0v) is 12.6. The van der Waals surface area contributed by atoms with Crippen LogP contribution in [0, 0.1) is 6.92 Å². The summed E-state index contributed by atoms with van der Waals surface area (Å²) in [6.45, 7) is 8.80. The predicted octanol–water partition coefficient (Wildman–Crippen LogP) is 2.06. The Labute approximate surface area is 116 Å². The molecule has 0 amide bonds. The summed E-state index contributed by atoms with van der Waals surface area (Å²) in [5.74, 6) is 0. The van der Waals surface area contributed by atoms with Gasteiger partial charge in [0.25, 0.3) is 0 Å². The van der Waals surface area contributed by atoms with Crippen LogP contribution >= 0.6 is 0 Å². The second-order valence-electron chi connectivity index (χ2n) is 5.69. The Bertz CT molecular complexity index is 433. The number of aliphatic hydroxyl groups excluding tert-OH is 1. The minimum absolute atomic E-state index is 0.227. The quantitative estimate of drug-likeness (QED) is 0.903. The third-order valence-corrected chi connectivity index (χ3v) is 4.42. The van der Waals surface area contributed by atoms with Gasteiger partial charge < -0.3 is 10.0 Å². The SMILES string of the molecule is CCc1cccc(C)c1N1CC(C)N(C)C(CO)C1. The Balaban J connectivity index is 2.32. The minimum atomic E-state index is 0.227. The van der Waals surface area contributed by atoms with Crippen molar-refractivity contribution in [1.29, 1.82) is 0 Å². The van der Waals surface area contributed by atoms with E-state index in [0.717, 1.165) is 19.5 Å². The normalized spacial score (nSPS) is 24.8. The molecule has 3 heteroatoms. The Morgan fingerprint density at radius 2 is 2.05 bits per heavy atom. The van der Waals surface area contributed by atoms with Crippen LogP contribution in [-0.4, -0.2) is 48.8 Å². The van der Waals surface area contributed by atoms with Gasteiger partial charge in [0.2, 0.25) is 0 Å². The smallest absolute Gasteiger partial charge is 0.0604 e. The van der Waals surface area contributed by atoms with E-state index in [1.54, 1.807) is 0 Å². The van der Waals surface area contributed by atoms with Gasteiger partial charge in [-0.2, -0.15) is 0 Å². The molecule has 19 heavy (non-hydrogen) atoms. The number of aryl methyl sites for hydroxylation is 2. The number of nitrogens with zero attached hydrogens (tertiary/aromatic N) is 2. The molecular weight excluding hydrogens is 236 g/mol. The van der Waals surface area contributed by atoms with Crippen LogP contribution in [0.3, 0.4) is 0 Å². The summed E-state index contributed by atoms with van der Waals surface area (Å²) >= 11 is 0. The summed E-state index contributed by atoms with van der Waals surface area (Å²) in [5.41, 5.74) is 4.13. The highest BCUT2D eigenvalue weighted by atomic mass is 16.3. The molecule has 1 heterocycles. The van der Waals surface area contributed by atoms with E-state index in [4.69, 9.17) is 0 Å². The lowest BCUT2D eigenvalue weighted by molar-refractivity contribution is 0.0995. The molecule has 1 aliphatic heterocycles. The van der Waals surface area contributed by atoms with Crippen molar-refractivity contribution in [2.75, 3.05) is 31.6 Å². The summed E-state index contributed by atoms with van der Waals surface area (Å²) < 4.78 is 0. The molecule has 1 fully saturated rings. The molecule has 1 N–H and O–H groups in total. The summed E-state index contributed by atoms with van der Waals surface area (Å²) in [6, 6.07) is 7.24. The molecule has 0 bridgehead atoms. The molecule has 3 nitrogen and oxygen atoms in total. The number of anilines is 1. The molecule has 0 aliphatic carbocycles. The number of aliphatic hydroxyl groups is 1. The predicted molar refractivity (Wildman–Crippen MR) is 80.9 cm³/mol. The van der Waals surface area contributed by atoms with E-state index in [0.29, 0.717) is 6.04 Å². The molecule has 0 spiro atoms. The lowest BCUT2D eigenvalue weighted by Crippen LogP contribution is -2.57. The fourth-order valence-corrected chi connectivity index (χ4v) is 3.09. The Morgan fingerprint density at radius 3 is 2.68 bits per heavy atom. The van der Waals surface area contributed by atoms with E-state index >= 15 is 0 Å². The summed E-state index contributed by atoms with van der Waals surface area (Å²) in [4.78, 5) is 4.75. The number of hydrogen-bond acceptors (Lipinski definition) is 3. The van der Waals surface area contributed by atoms with Crippen molar-refractivity contribution in [3.05, 3.63) is 29.3 Å². The first-order valence-electron chi connectivity index (χ1n) is 7.24. The summed E-state index contributed by atoms with van der Waals surface area (Å²) in [6.07, 6.45) is 1.06. The van der Waals surface area contributed by atoms with E-state index in [2.05, 4.69) is 55.8 Å². The number of likely N-dealkylation sites (N-methyl/N-ethyl adjacent to an activating group) is 1. The number of para-hydroxylation sites is 1. The first kappa shape index (κ1) is 14.4. The number of rotatable bonds is 3. The van der Waals surface area contributed by atoms with E-state index in [1.807, 2.05) is 0 Å². The van der Waals surface area contributed by atoms with Gasteiger partial charge in [-0.05, 0) is 38.4 Å². The van der Waals surface area contributed by atoms with Gasteiger partial charge in [-0.15, -0.1) is 0 Å². The van der Waals surface area contributed by atoms with E-state index < -0.39 is 0 Å². The number of benzene rings is 1. The highest BCUT2D eigenvalue weighted by Crippen LogP contribution is 2.29. The van der Waals surface area contributed by atoms with Crippen LogP contribution in [-0.2, 0) is 6.42 Å². The summed E-state index contributed by atoms with van der Waals surface area (Å²) in [5, 5.41) is 9.57. The minimum Gasteiger partial charge on any atom is -0.395 e. The van der Waals surface area contributed by atoms with Crippen molar-refractivity contribution in [3.63, 3.8) is 0 Å². The van der Waals surface area contributed by atoms with Gasteiger partial charge in [-0.1, -0.05) is 25.1 Å². The van der Waals surface area contributed by atoms with Crippen molar-refractivity contribution >= 4 is 5.69 Å². The van der Waals surface area contributed by atoms with Gasteiger partial charge in [-0.3, -0.25) is 4.90 Å². The van der Waals surface area contributed by atoms with Gasteiger partial charge >= 0.3 is 0 Å². The van der Waals surface area contributed by atoms with Crippen LogP contribution in [0.1, 0.15) is 25.0 Å². The van der Waals surface area contributed by atoms with Crippen molar-refractivity contribution in [2.45, 2.75) is 39.3 Å². The Morgan fingerprint density at radius 1 is 1.32 bits per heavy atom. The van der Waals surface area contributed by atoms with Crippen LogP contribution in [0.15, 0.2) is 18.2 Å². The van der Waals surface area contributed by atoms with Gasteiger partial charge in [-0.25, -0.2) is 0 Å². The molecule has 0 radical (unpaired) electrons. The molecule has 0 saturated carbocycles. The van der Waals surface area contributed by atoms with Gasteiger partial charge in [0.05, 0.1) is 12.6 Å². The van der Waals surface area contributed by atoms with Crippen LogP contribution in [0.5, 0.6) is 0 Å². The maximum Gasteiger partial charge on any atom is 0.0604 e. The molecule has 1 aromatic rings. The fourth-order valence-electron chi connectivity index (χ4n) is 3.09. The van der Waals surface area contributed by atoms with Gasteiger partial charge in [0, 0.05) is 24.8 Å². The maximum absolute atomic E-state index is 9.57. The topological polar surface area (TPSA) is 26.7 Å². The third-order valence-electron chi connectivity index (χ3n) is 4.42. The van der Waals surface area contributed by atoms with Crippen LogP contribution in [0.25, 0.3) is 0 Å². The monoisotopic (exact) mass is 262 g/mol. The molecule has 1 aliphatic rings. The first-order chi connectivity index (χ1) is 9.08. The average Bonchev–Trinajstić information content (AvgIpc) is 2.41. The van der Waals surface area contributed by atoms with E-state index in [9.17, 15) is 5.11 Å². The van der Waals surface area contributed by atoms with Crippen molar-refractivity contribution < 1.29 is 5.11 Å². The lowest BCUT2D eigenvalue weighted by atomic mass is 10.0. The second-order valence-corrected chi connectivity index (χ2v) is 5.69. The molecule has 2 rings (SSSR count). The van der Waals surface area contributed by atoms with Crippen LogP contribution < -0.4 is 4.90 Å². The number of hydrogen-bond donors (Lipinski definition) is 1. The molecular formula is C16H26N2O.